The number of rotatable bonds is 24. The number of carboxylic acid groups (broad SMARTS) is 1. The standard InChI is InChI=1S/C87H108Cl2N16O20S2/c1-10-48(3)73-81(116)100-74(49(4)11-2)86(121)103(8)70(42-57-46-126-47-92-57)80(115)97-63(41-54-44-91-60-23-13-12-22-59(54)60)82(117)104-33-16-24-66(104)84(119)101(6)68(39-52-18-14-20-55(88)36-52)78(113)95-61(31-35-127(9,124)125)77(112)96-62(38-51-26-28-58(107)29-27-51)76(111)90-32-30-71(108)94-64(43-72(109)93-50(5)75(110)99-73)83(118)105-34-17-25-67(105)85(120)102(7)69(40-53-19-15-21-56(89)37-53)79(114)98-65(45-106)87(122)123/h12-15,18-23,26-29,36-37,44,46-50,61-63,65-70,74,91,106-107H,10-11,16-17,24-25,30-35,38-43,45H2,1-9H3,(H,90,111)(H,93,109)(H,95,113)(H,96,112)(H,97,115)(H,98,114)(H,100,116)(H,122,123)/b94-64+,99-73-/t48-,49-,50-,61-,62+,63-,65-,66-,67-,68-,69-,70-,74?/m0/s1. The first kappa shape index (κ1) is 98.9. The quantitative estimate of drug-likeness (QED) is 0.0415. The number of phenolic OH excluding ortho intramolecular Hbond substituents is 1. The van der Waals surface area contributed by atoms with Crippen molar-refractivity contribution < 1.29 is 95.7 Å². The highest BCUT2D eigenvalue weighted by atomic mass is 35.5. The number of hydrogen-bond acceptors (Lipinski definition) is 21. The van der Waals surface area contributed by atoms with Gasteiger partial charge >= 0.3 is 5.97 Å². The molecule has 0 spiro atoms. The minimum absolute atomic E-state index is 0.0367. The van der Waals surface area contributed by atoms with Crippen molar-refractivity contribution >= 4 is 155 Å². The van der Waals surface area contributed by atoms with Crippen LogP contribution in [0.3, 0.4) is 0 Å². The van der Waals surface area contributed by atoms with Gasteiger partial charge in [0.1, 0.15) is 93.5 Å². The van der Waals surface area contributed by atoms with Crippen LogP contribution in [0.5, 0.6) is 5.75 Å². The maximum Gasteiger partial charge on any atom is 0.328 e. The van der Waals surface area contributed by atoms with Crippen LogP contribution in [-0.2, 0) is 114 Å². The summed E-state index contributed by atoms with van der Waals surface area (Å²) in [5, 5.41) is 51.0. The SMILES string of the molecule is CC[C@H](C)/C1=N/C(=O)[C@H](C)NC(=O)C/C(C(=O)N2CCC[C@H]2C(=O)N(C)[C@@H](Cc2cccc(Cl)c2)C(=O)N[C@@H](CO)C(=O)O)=N\C(=O)CCNC(=O)[C@@H](Cc2ccc(O)cc2)NC(=O)[C@H](CCS(C)(=O)=O)NC(=O)[C@H](Cc2cccc(Cl)c2)N(C)C(=O)[C@@H]2CCCN2C(=O)[C@H](Cc2c[nH]c3ccccc23)NC(=O)[C@H](Cc2cscn2)N(C)C(=O)C([C@@H](C)CC)NC1=O. The normalized spacial score (nSPS) is 23.2. The van der Waals surface area contributed by atoms with Gasteiger partial charge in [-0.05, 0) is 116 Å². The predicted octanol–water partition coefficient (Wildman–Crippen LogP) is 2.99. The number of amides is 14. The fourth-order valence-corrected chi connectivity index (χ4v) is 16.9. The number of aliphatic imine (C=N–C) groups is 2. The van der Waals surface area contributed by atoms with Crippen LogP contribution < -0.4 is 37.2 Å². The number of fused-ring (bicyclic) bond motifs is 2. The molecule has 36 nitrogen and oxygen atoms in total. The maximum absolute atomic E-state index is 15.9. The lowest BCUT2D eigenvalue weighted by Crippen LogP contribution is -2.61. The molecule has 0 aliphatic carbocycles. The second kappa shape index (κ2) is 45.5. The van der Waals surface area contributed by atoms with Crippen molar-refractivity contribution in [3.8, 4) is 5.75 Å². The third-order valence-corrected chi connectivity index (χ3v) is 25.0. The number of carbonyl (C=O) groups excluding carboxylic acids is 14. The van der Waals surface area contributed by atoms with Gasteiger partial charge in [0.05, 0.1) is 30.0 Å². The Labute approximate surface area is 748 Å². The highest BCUT2D eigenvalue weighted by molar-refractivity contribution is 7.90. The number of likely N-dealkylation sites (N-methyl/N-ethyl adjacent to an activating group) is 3. The zero-order valence-corrected chi connectivity index (χ0v) is 75.0. The third kappa shape index (κ3) is 26.9. The van der Waals surface area contributed by atoms with Crippen LogP contribution in [0.25, 0.3) is 10.9 Å². The van der Waals surface area contributed by atoms with Gasteiger partial charge in [0.15, 0.2) is 0 Å². The monoisotopic (exact) mass is 1830 g/mol. The molecule has 3 aliphatic heterocycles. The summed E-state index contributed by atoms with van der Waals surface area (Å²) in [6.45, 7) is 5.98. The van der Waals surface area contributed by atoms with Gasteiger partial charge < -0.3 is 82.0 Å². The molecular weight excluding hydrogens is 1720 g/mol. The summed E-state index contributed by atoms with van der Waals surface area (Å²) in [6, 6.07) is 7.86. The van der Waals surface area contributed by atoms with E-state index in [1.165, 1.54) is 86.2 Å². The lowest BCUT2D eigenvalue weighted by atomic mass is 9.95. The minimum Gasteiger partial charge on any atom is -0.508 e. The van der Waals surface area contributed by atoms with Crippen LogP contribution >= 0.6 is 34.5 Å². The number of aromatic amines is 1. The molecule has 0 saturated carbocycles. The Balaban J connectivity index is 1.13. The Morgan fingerprint density at radius 3 is 2.00 bits per heavy atom. The number of hydrogen-bond donors (Lipinski definition) is 11. The number of likely N-dealkylation sites (tertiary alicyclic amines) is 1. The number of aliphatic hydroxyl groups is 1. The molecule has 2 fully saturated rings. The minimum atomic E-state index is -3.96. The van der Waals surface area contributed by atoms with E-state index in [-0.39, 0.29) is 105 Å². The van der Waals surface area contributed by atoms with Gasteiger partial charge in [-0.15, -0.1) is 11.3 Å². The summed E-state index contributed by atoms with van der Waals surface area (Å²) < 4.78 is 26.1. The van der Waals surface area contributed by atoms with E-state index in [0.717, 1.165) is 25.9 Å². The Hall–Kier alpha value is -11.9. The van der Waals surface area contributed by atoms with Gasteiger partial charge in [-0.25, -0.2) is 28.2 Å². The largest absolute Gasteiger partial charge is 0.508 e. The number of benzene rings is 4. The molecule has 0 bridgehead atoms. The fourth-order valence-electron chi connectivity index (χ4n) is 15.2. The average molecular weight is 1830 g/mol. The molecule has 13 atom stereocenters. The smallest absolute Gasteiger partial charge is 0.328 e. The molecular formula is C87H108Cl2N16O20S2. The second-order valence-electron chi connectivity index (χ2n) is 32.2. The number of carboxylic acids is 1. The molecule has 1 unspecified atom stereocenters. The predicted molar refractivity (Wildman–Crippen MR) is 471 cm³/mol. The van der Waals surface area contributed by atoms with E-state index in [4.69, 9.17) is 23.2 Å². The third-order valence-electron chi connectivity index (χ3n) is 23.0. The fraction of sp³-hybridized carbons (Fsp3) is 0.471. The summed E-state index contributed by atoms with van der Waals surface area (Å²) in [5.41, 5.74) is 3.05. The Morgan fingerprint density at radius 2 is 1.35 bits per heavy atom. The van der Waals surface area contributed by atoms with Gasteiger partial charge in [-0.2, -0.15) is 0 Å². The molecule has 2 aromatic heterocycles. The van der Waals surface area contributed by atoms with E-state index < -0.39 is 221 Å². The number of aromatic hydroxyl groups is 1. The van der Waals surface area contributed by atoms with Gasteiger partial charge in [0.2, 0.25) is 65.0 Å². The molecule has 4 aromatic carbocycles. The van der Waals surface area contributed by atoms with Crippen molar-refractivity contribution in [1.29, 1.82) is 0 Å². The number of thiazole rings is 1. The summed E-state index contributed by atoms with van der Waals surface area (Å²) in [4.78, 5) is 244. The lowest BCUT2D eigenvalue weighted by Gasteiger charge is -2.36. The van der Waals surface area contributed by atoms with E-state index in [2.05, 4.69) is 57.2 Å². The summed E-state index contributed by atoms with van der Waals surface area (Å²) >= 11 is 14.0. The number of H-pyrrole nitrogens is 1. The van der Waals surface area contributed by atoms with Gasteiger partial charge in [0.25, 0.3) is 17.7 Å². The topological polar surface area (TPSA) is 505 Å². The van der Waals surface area contributed by atoms with Crippen LogP contribution in [0.4, 0.5) is 0 Å². The zero-order valence-electron chi connectivity index (χ0n) is 71.8. The Kier molecular flexibility index (Phi) is 35.5. The number of sulfone groups is 1. The molecule has 5 heterocycles. The van der Waals surface area contributed by atoms with Crippen molar-refractivity contribution in [3.63, 3.8) is 0 Å². The van der Waals surface area contributed by atoms with Crippen molar-refractivity contribution in [2.45, 2.75) is 191 Å². The molecule has 2 saturated heterocycles. The van der Waals surface area contributed by atoms with E-state index in [0.29, 0.717) is 38.9 Å². The molecule has 682 valence electrons. The number of aliphatic hydroxyl groups excluding tert-OH is 1. The number of para-hydroxylation sites is 1. The Morgan fingerprint density at radius 1 is 0.709 bits per heavy atom. The first-order valence-corrected chi connectivity index (χ1v) is 45.5. The van der Waals surface area contributed by atoms with Gasteiger partial charge in [-0.1, -0.05) is 112 Å². The number of aromatic nitrogens is 2. The van der Waals surface area contributed by atoms with Crippen LogP contribution in [-0.4, -0.2) is 284 Å². The van der Waals surface area contributed by atoms with Gasteiger partial charge in [0, 0.05) is 124 Å². The van der Waals surface area contributed by atoms with Crippen LogP contribution in [0.2, 0.25) is 10.0 Å². The molecule has 9 rings (SSSR count). The molecule has 40 heteroatoms. The molecule has 0 radical (unpaired) electrons. The molecule has 14 amide bonds. The van der Waals surface area contributed by atoms with Crippen molar-refractivity contribution in [2.75, 3.05) is 59.4 Å². The first-order chi connectivity index (χ1) is 60.3. The Bertz CT molecular complexity index is 5250. The number of carbonyl (C=O) groups is 15. The summed E-state index contributed by atoms with van der Waals surface area (Å²) in [5.74, 6) is -17.9. The highest BCUT2D eigenvalue weighted by Gasteiger charge is 2.46. The maximum atomic E-state index is 15.9. The zero-order chi connectivity index (χ0) is 92.8. The molecule has 3 aliphatic rings. The lowest BCUT2D eigenvalue weighted by molar-refractivity contribution is -0.149. The van der Waals surface area contributed by atoms with Crippen molar-refractivity contribution in [3.05, 3.63) is 152 Å². The first-order valence-electron chi connectivity index (χ1n) is 41.7. The average Bonchev–Trinajstić information content (AvgIpc) is 1.71. The second-order valence-corrected chi connectivity index (χ2v) is 36.0. The van der Waals surface area contributed by atoms with E-state index in [9.17, 15) is 62.1 Å². The van der Waals surface area contributed by atoms with Crippen LogP contribution in [0.1, 0.15) is 120 Å². The van der Waals surface area contributed by atoms with Crippen molar-refractivity contribution in [1.82, 2.24) is 71.7 Å². The number of nitrogens with zero attached hydrogens (tertiary/aromatic N) is 8. The highest BCUT2D eigenvalue weighted by Crippen LogP contribution is 2.29. The molecule has 127 heavy (non-hydrogen) atoms. The van der Waals surface area contributed by atoms with E-state index in [1.54, 1.807) is 87.8 Å². The van der Waals surface area contributed by atoms with E-state index >= 15 is 33.6 Å². The van der Waals surface area contributed by atoms with Crippen molar-refractivity contribution in [2.24, 2.45) is 21.8 Å². The summed E-state index contributed by atoms with van der Waals surface area (Å²) in [7, 11) is -0.0983. The summed E-state index contributed by atoms with van der Waals surface area (Å²) in [6.07, 6.45) is -0.562. The number of nitrogens with one attached hydrogen (secondary N) is 8. The molecule has 6 aromatic rings. The van der Waals surface area contributed by atoms with Crippen LogP contribution in [0, 0.1) is 11.8 Å². The number of aliphatic carboxylic acids is 1. The van der Waals surface area contributed by atoms with E-state index in [1.807, 2.05) is 12.1 Å². The number of halogens is 2. The number of phenols is 1. The molecule has 11 N–H and O–H groups in total. The van der Waals surface area contributed by atoms with Crippen LogP contribution in [0.15, 0.2) is 124 Å². The van der Waals surface area contributed by atoms with Gasteiger partial charge in [-0.3, -0.25) is 67.1 Å².